The van der Waals surface area contributed by atoms with Crippen molar-refractivity contribution in [2.75, 3.05) is 18.4 Å². The molecule has 8 heteroatoms. The summed E-state index contributed by atoms with van der Waals surface area (Å²) in [4.78, 5) is 12.9. The monoisotopic (exact) mass is 480 g/mol. The molecule has 1 saturated heterocycles. The Morgan fingerprint density at radius 2 is 1.59 bits per heavy atom. The van der Waals surface area contributed by atoms with Crippen LogP contribution in [0.15, 0.2) is 53.4 Å². The maximum absolute atomic E-state index is 13.4. The number of aromatic nitrogens is 2. The summed E-state index contributed by atoms with van der Waals surface area (Å²) in [5.41, 5.74) is 4.46. The van der Waals surface area contributed by atoms with E-state index in [0.29, 0.717) is 41.5 Å². The molecular weight excluding hydrogens is 448 g/mol. The number of aryl methyl sites for hydroxylation is 2. The Labute approximate surface area is 201 Å². The number of nitrogens with zero attached hydrogens (tertiary/aromatic N) is 3. The zero-order chi connectivity index (χ0) is 24.3. The van der Waals surface area contributed by atoms with Crippen molar-refractivity contribution in [1.29, 1.82) is 0 Å². The molecule has 180 valence electrons. The van der Waals surface area contributed by atoms with Crippen LogP contribution in [0.25, 0.3) is 0 Å². The smallest absolute Gasteiger partial charge is 0.255 e. The zero-order valence-electron chi connectivity index (χ0n) is 20.0. The summed E-state index contributed by atoms with van der Waals surface area (Å²) in [7, 11) is -3.57. The predicted molar refractivity (Wildman–Crippen MR) is 134 cm³/mol. The largest absolute Gasteiger partial charge is 0.322 e. The van der Waals surface area contributed by atoms with Crippen molar-refractivity contribution in [3.63, 3.8) is 0 Å². The molecule has 4 rings (SSSR count). The van der Waals surface area contributed by atoms with Crippen LogP contribution in [0.1, 0.15) is 58.6 Å². The van der Waals surface area contributed by atoms with Gasteiger partial charge in [0.2, 0.25) is 10.0 Å². The first-order valence-electron chi connectivity index (χ1n) is 11.8. The summed E-state index contributed by atoms with van der Waals surface area (Å²) >= 11 is 0. The fraction of sp³-hybridized carbons (Fsp3) is 0.385. The highest BCUT2D eigenvalue weighted by Crippen LogP contribution is 2.26. The molecule has 7 nitrogen and oxygen atoms in total. The second-order valence-corrected chi connectivity index (χ2v) is 10.8. The summed E-state index contributed by atoms with van der Waals surface area (Å²) in [5, 5.41) is 7.48. The van der Waals surface area contributed by atoms with Gasteiger partial charge >= 0.3 is 0 Å². The molecule has 0 saturated carbocycles. The fourth-order valence-corrected chi connectivity index (χ4v) is 6.35. The highest BCUT2D eigenvalue weighted by Gasteiger charge is 2.31. The molecule has 0 radical (unpaired) electrons. The number of benzene rings is 2. The molecular formula is C26H32N4O3S. The third-order valence-electron chi connectivity index (χ3n) is 6.42. The molecule has 0 bridgehead atoms. The lowest BCUT2D eigenvalue weighted by Gasteiger charge is -2.20. The van der Waals surface area contributed by atoms with Gasteiger partial charge < -0.3 is 5.32 Å². The number of hydrogen-bond acceptors (Lipinski definition) is 4. The van der Waals surface area contributed by atoms with E-state index in [1.807, 2.05) is 50.2 Å². The Kier molecular flexibility index (Phi) is 7.19. The van der Waals surface area contributed by atoms with Crippen LogP contribution in [0.4, 0.5) is 5.69 Å². The molecule has 1 aliphatic heterocycles. The van der Waals surface area contributed by atoms with Crippen LogP contribution < -0.4 is 5.32 Å². The molecule has 34 heavy (non-hydrogen) atoms. The molecule has 0 unspecified atom stereocenters. The first-order valence-corrected chi connectivity index (χ1v) is 13.2. The molecule has 0 aliphatic carbocycles. The van der Waals surface area contributed by atoms with Gasteiger partial charge in [0.25, 0.3) is 5.91 Å². The number of hydrogen-bond donors (Lipinski definition) is 1. The molecule has 2 heterocycles. The van der Waals surface area contributed by atoms with Gasteiger partial charge in [0, 0.05) is 24.3 Å². The number of para-hydroxylation sites is 1. The van der Waals surface area contributed by atoms with Gasteiger partial charge in [0.15, 0.2) is 0 Å². The van der Waals surface area contributed by atoms with Crippen LogP contribution in [-0.2, 0) is 16.6 Å². The third-order valence-corrected chi connectivity index (χ3v) is 8.57. The van der Waals surface area contributed by atoms with Gasteiger partial charge in [-0.05, 0) is 62.9 Å². The molecule has 1 aromatic heterocycles. The zero-order valence-corrected chi connectivity index (χ0v) is 20.9. The summed E-state index contributed by atoms with van der Waals surface area (Å²) in [5.74, 6) is -0.169. The summed E-state index contributed by atoms with van der Waals surface area (Å²) in [6.07, 6.45) is 3.94. The van der Waals surface area contributed by atoms with Gasteiger partial charge in [0.05, 0.1) is 17.9 Å². The molecule has 1 N–H and O–H groups in total. The number of sulfonamides is 1. The van der Waals surface area contributed by atoms with E-state index in [1.54, 1.807) is 28.0 Å². The number of anilines is 1. The average molecular weight is 481 g/mol. The molecule has 2 aromatic carbocycles. The van der Waals surface area contributed by atoms with Crippen molar-refractivity contribution >= 4 is 21.6 Å². The lowest BCUT2D eigenvalue weighted by molar-refractivity contribution is 0.102. The van der Waals surface area contributed by atoms with Crippen LogP contribution >= 0.6 is 0 Å². The van der Waals surface area contributed by atoms with E-state index in [1.165, 1.54) is 0 Å². The van der Waals surface area contributed by atoms with Crippen molar-refractivity contribution in [2.45, 2.75) is 57.9 Å². The molecule has 0 atom stereocenters. The Balaban J connectivity index is 1.50. The SMILES string of the molecule is Cc1ccccc1NC(=O)c1ccc(Cn2nc(C)c(S(=O)(=O)N3CCCCCC3)c2C)cc1. The van der Waals surface area contributed by atoms with Gasteiger partial charge in [-0.1, -0.05) is 43.2 Å². The molecule has 1 amide bonds. The third kappa shape index (κ3) is 5.08. The van der Waals surface area contributed by atoms with Gasteiger partial charge in [-0.25, -0.2) is 8.42 Å². The maximum atomic E-state index is 13.4. The summed E-state index contributed by atoms with van der Waals surface area (Å²) < 4.78 is 30.1. The van der Waals surface area contributed by atoms with Gasteiger partial charge in [0.1, 0.15) is 4.90 Å². The second-order valence-electron chi connectivity index (χ2n) is 8.94. The molecule has 1 fully saturated rings. The van der Waals surface area contributed by atoms with E-state index in [9.17, 15) is 13.2 Å². The van der Waals surface area contributed by atoms with E-state index in [2.05, 4.69) is 10.4 Å². The molecule has 1 aliphatic rings. The molecule has 3 aromatic rings. The lowest BCUT2D eigenvalue weighted by Crippen LogP contribution is -2.32. The number of carbonyl (C=O) groups is 1. The minimum atomic E-state index is -3.57. The predicted octanol–water partition coefficient (Wildman–Crippen LogP) is 4.67. The quantitative estimate of drug-likeness (QED) is 0.556. The number of rotatable bonds is 6. The number of nitrogens with one attached hydrogen (secondary N) is 1. The maximum Gasteiger partial charge on any atom is 0.255 e. The number of carbonyl (C=O) groups excluding carboxylic acids is 1. The Hall–Kier alpha value is -2.97. The van der Waals surface area contributed by atoms with Crippen LogP contribution in [0.2, 0.25) is 0 Å². The Morgan fingerprint density at radius 3 is 2.24 bits per heavy atom. The lowest BCUT2D eigenvalue weighted by atomic mass is 10.1. The standard InChI is InChI=1S/C26H32N4O3S/c1-19-10-6-7-11-24(19)27-26(31)23-14-12-22(13-15-23)18-30-21(3)25(20(2)28-30)34(32,33)29-16-8-4-5-9-17-29/h6-7,10-15H,4-5,8-9,16-18H2,1-3H3,(H,27,31). The van der Waals surface area contributed by atoms with Gasteiger partial charge in [-0.15, -0.1) is 0 Å². The highest BCUT2D eigenvalue weighted by atomic mass is 32.2. The van der Waals surface area contributed by atoms with E-state index in [0.717, 1.165) is 42.5 Å². The minimum absolute atomic E-state index is 0.169. The summed E-state index contributed by atoms with van der Waals surface area (Å²) in [6, 6.07) is 15.0. The van der Waals surface area contributed by atoms with Crippen LogP contribution in [0.5, 0.6) is 0 Å². The van der Waals surface area contributed by atoms with Crippen molar-refractivity contribution in [1.82, 2.24) is 14.1 Å². The molecule has 0 spiro atoms. The minimum Gasteiger partial charge on any atom is -0.322 e. The first kappa shape index (κ1) is 24.2. The fourth-order valence-electron chi connectivity index (χ4n) is 4.46. The highest BCUT2D eigenvalue weighted by molar-refractivity contribution is 7.89. The van der Waals surface area contributed by atoms with E-state index < -0.39 is 10.0 Å². The Morgan fingerprint density at radius 1 is 0.941 bits per heavy atom. The average Bonchev–Trinajstić information content (AvgIpc) is 2.99. The van der Waals surface area contributed by atoms with E-state index >= 15 is 0 Å². The van der Waals surface area contributed by atoms with Gasteiger partial charge in [-0.2, -0.15) is 9.40 Å². The normalized spacial score (nSPS) is 15.1. The van der Waals surface area contributed by atoms with Crippen LogP contribution in [0.3, 0.4) is 0 Å². The Bertz CT molecular complexity index is 1270. The van der Waals surface area contributed by atoms with Crippen LogP contribution in [0, 0.1) is 20.8 Å². The second kappa shape index (κ2) is 10.1. The van der Waals surface area contributed by atoms with Crippen LogP contribution in [-0.4, -0.2) is 41.5 Å². The topological polar surface area (TPSA) is 84.3 Å². The van der Waals surface area contributed by atoms with E-state index in [4.69, 9.17) is 0 Å². The van der Waals surface area contributed by atoms with Crippen molar-refractivity contribution in [3.05, 3.63) is 76.6 Å². The van der Waals surface area contributed by atoms with Crippen molar-refractivity contribution in [2.24, 2.45) is 0 Å². The van der Waals surface area contributed by atoms with Crippen molar-refractivity contribution in [3.8, 4) is 0 Å². The number of amides is 1. The van der Waals surface area contributed by atoms with Gasteiger partial charge in [-0.3, -0.25) is 9.48 Å². The first-order chi connectivity index (χ1) is 16.3. The van der Waals surface area contributed by atoms with Crippen molar-refractivity contribution < 1.29 is 13.2 Å². The van der Waals surface area contributed by atoms with E-state index in [-0.39, 0.29) is 5.91 Å². The summed E-state index contributed by atoms with van der Waals surface area (Å²) in [6.45, 7) is 7.09.